The van der Waals surface area contributed by atoms with Crippen LogP contribution in [0, 0.1) is 0 Å². The fourth-order valence-corrected chi connectivity index (χ4v) is 1.01. The Balaban J connectivity index is 2.43. The van der Waals surface area contributed by atoms with Gasteiger partial charge < -0.3 is 4.74 Å². The molecule has 0 spiro atoms. The lowest BCUT2D eigenvalue weighted by atomic mass is 10.3. The standard InChI is InChI=1S/C10H14N2O3/c1-3-12-7-9(6-11-12)10(14)15-5-4-8(2)13/h6-7H,3-5H2,1-2H3. The summed E-state index contributed by atoms with van der Waals surface area (Å²) in [6, 6.07) is 0. The van der Waals surface area contributed by atoms with E-state index in [1.807, 2.05) is 6.92 Å². The third-order valence-electron chi connectivity index (χ3n) is 1.88. The van der Waals surface area contributed by atoms with Gasteiger partial charge in [0.05, 0.1) is 18.4 Å². The largest absolute Gasteiger partial charge is 0.462 e. The summed E-state index contributed by atoms with van der Waals surface area (Å²) in [5.41, 5.74) is 0.417. The number of nitrogens with zero attached hydrogens (tertiary/aromatic N) is 2. The van der Waals surface area contributed by atoms with E-state index in [1.54, 1.807) is 10.9 Å². The maximum Gasteiger partial charge on any atom is 0.341 e. The van der Waals surface area contributed by atoms with Gasteiger partial charge in [0, 0.05) is 19.2 Å². The van der Waals surface area contributed by atoms with Gasteiger partial charge in [0.1, 0.15) is 5.78 Å². The van der Waals surface area contributed by atoms with Crippen LogP contribution in [0.25, 0.3) is 0 Å². The van der Waals surface area contributed by atoms with Crippen LogP contribution in [0.1, 0.15) is 30.6 Å². The van der Waals surface area contributed by atoms with Crippen molar-refractivity contribution in [2.75, 3.05) is 6.61 Å². The monoisotopic (exact) mass is 210 g/mol. The third-order valence-corrected chi connectivity index (χ3v) is 1.88. The van der Waals surface area contributed by atoms with E-state index in [9.17, 15) is 9.59 Å². The van der Waals surface area contributed by atoms with Crippen molar-refractivity contribution in [3.05, 3.63) is 18.0 Å². The topological polar surface area (TPSA) is 61.2 Å². The molecule has 82 valence electrons. The van der Waals surface area contributed by atoms with Crippen molar-refractivity contribution in [3.8, 4) is 0 Å². The van der Waals surface area contributed by atoms with Gasteiger partial charge in [-0.25, -0.2) is 4.79 Å². The van der Waals surface area contributed by atoms with Crippen LogP contribution >= 0.6 is 0 Å². The molecule has 0 unspecified atom stereocenters. The molecule has 0 aromatic carbocycles. The van der Waals surface area contributed by atoms with E-state index >= 15 is 0 Å². The molecule has 0 fully saturated rings. The predicted octanol–water partition coefficient (Wildman–Crippen LogP) is 1.04. The molecule has 15 heavy (non-hydrogen) atoms. The number of aromatic nitrogens is 2. The lowest BCUT2D eigenvalue weighted by Gasteiger charge is -2.00. The molecule has 1 rings (SSSR count). The third kappa shape index (κ3) is 3.53. The Kier molecular flexibility index (Phi) is 4.03. The second kappa shape index (κ2) is 5.29. The van der Waals surface area contributed by atoms with Gasteiger partial charge in [0.2, 0.25) is 0 Å². The van der Waals surface area contributed by atoms with Gasteiger partial charge in [-0.1, -0.05) is 0 Å². The fourth-order valence-electron chi connectivity index (χ4n) is 1.01. The highest BCUT2D eigenvalue weighted by Crippen LogP contribution is 2.01. The number of esters is 1. The molecule has 5 heteroatoms. The van der Waals surface area contributed by atoms with Crippen LogP contribution in [-0.4, -0.2) is 28.1 Å². The molecule has 0 aliphatic carbocycles. The van der Waals surface area contributed by atoms with Crippen LogP contribution in [0.15, 0.2) is 12.4 Å². The SMILES string of the molecule is CCn1cc(C(=O)OCCC(C)=O)cn1. The van der Waals surface area contributed by atoms with Crippen LogP contribution in [0.3, 0.4) is 0 Å². The number of carbonyl (C=O) groups excluding carboxylic acids is 2. The molecular formula is C10H14N2O3. The molecule has 0 bridgehead atoms. The molecule has 1 aromatic heterocycles. The molecule has 1 aromatic rings. The van der Waals surface area contributed by atoms with Crippen LogP contribution in [0.4, 0.5) is 0 Å². The van der Waals surface area contributed by atoms with Crippen molar-refractivity contribution in [1.29, 1.82) is 0 Å². The number of Topliss-reactive ketones (excluding diaryl/α,β-unsaturated/α-hetero) is 1. The van der Waals surface area contributed by atoms with E-state index in [4.69, 9.17) is 4.74 Å². The van der Waals surface area contributed by atoms with Crippen LogP contribution in [0.5, 0.6) is 0 Å². The summed E-state index contributed by atoms with van der Waals surface area (Å²) in [5.74, 6) is -0.428. The molecule has 0 radical (unpaired) electrons. The Labute approximate surface area is 88.0 Å². The summed E-state index contributed by atoms with van der Waals surface area (Å²) in [6.07, 6.45) is 3.34. The Hall–Kier alpha value is -1.65. The molecule has 0 aliphatic rings. The van der Waals surface area contributed by atoms with Crippen molar-refractivity contribution in [1.82, 2.24) is 9.78 Å². The molecular weight excluding hydrogens is 196 g/mol. The minimum atomic E-state index is -0.434. The molecule has 0 saturated carbocycles. The fraction of sp³-hybridized carbons (Fsp3) is 0.500. The first-order valence-electron chi connectivity index (χ1n) is 4.82. The van der Waals surface area contributed by atoms with Crippen molar-refractivity contribution < 1.29 is 14.3 Å². The van der Waals surface area contributed by atoms with Crippen LogP contribution in [0.2, 0.25) is 0 Å². The minimum absolute atomic E-state index is 0.00653. The first-order valence-corrected chi connectivity index (χ1v) is 4.82. The zero-order valence-corrected chi connectivity index (χ0v) is 8.90. The van der Waals surface area contributed by atoms with E-state index in [0.717, 1.165) is 0 Å². The predicted molar refractivity (Wildman–Crippen MR) is 53.5 cm³/mol. The Morgan fingerprint density at radius 2 is 2.27 bits per heavy atom. The van der Waals surface area contributed by atoms with Crippen molar-refractivity contribution in [2.45, 2.75) is 26.8 Å². The minimum Gasteiger partial charge on any atom is -0.462 e. The van der Waals surface area contributed by atoms with E-state index < -0.39 is 5.97 Å². The van der Waals surface area contributed by atoms with Crippen molar-refractivity contribution in [2.24, 2.45) is 0 Å². The molecule has 5 nitrogen and oxygen atoms in total. The normalized spacial score (nSPS) is 10.0. The maximum atomic E-state index is 11.4. The molecule has 0 atom stereocenters. The summed E-state index contributed by atoms with van der Waals surface area (Å²) in [4.78, 5) is 22.0. The Bertz CT molecular complexity index is 357. The van der Waals surface area contributed by atoms with E-state index in [1.165, 1.54) is 13.1 Å². The first kappa shape index (κ1) is 11.4. The zero-order valence-electron chi connectivity index (χ0n) is 8.90. The van der Waals surface area contributed by atoms with Gasteiger partial charge in [-0.15, -0.1) is 0 Å². The lowest BCUT2D eigenvalue weighted by Crippen LogP contribution is -2.08. The summed E-state index contributed by atoms with van der Waals surface area (Å²) in [7, 11) is 0. The first-order chi connectivity index (χ1) is 7.13. The number of ketones is 1. The molecule has 0 aliphatic heterocycles. The smallest absolute Gasteiger partial charge is 0.341 e. The lowest BCUT2D eigenvalue weighted by molar-refractivity contribution is -0.117. The number of ether oxygens (including phenoxy) is 1. The zero-order chi connectivity index (χ0) is 11.3. The second-order valence-electron chi connectivity index (χ2n) is 3.17. The number of aryl methyl sites for hydroxylation is 1. The molecule has 0 amide bonds. The average Bonchev–Trinajstić information content (AvgIpc) is 2.65. The number of carbonyl (C=O) groups is 2. The second-order valence-corrected chi connectivity index (χ2v) is 3.17. The molecule has 0 N–H and O–H groups in total. The highest BCUT2D eigenvalue weighted by molar-refractivity contribution is 5.89. The summed E-state index contributed by atoms with van der Waals surface area (Å²) < 4.78 is 6.52. The van der Waals surface area contributed by atoms with E-state index in [0.29, 0.717) is 12.1 Å². The molecule has 0 saturated heterocycles. The van der Waals surface area contributed by atoms with Gasteiger partial charge in [-0.3, -0.25) is 9.48 Å². The molecule has 1 heterocycles. The number of rotatable bonds is 5. The quantitative estimate of drug-likeness (QED) is 0.681. The maximum absolute atomic E-state index is 11.4. The van der Waals surface area contributed by atoms with Gasteiger partial charge in [-0.05, 0) is 13.8 Å². The summed E-state index contributed by atoms with van der Waals surface area (Å²) >= 11 is 0. The number of hydrogen-bond donors (Lipinski definition) is 0. The van der Waals surface area contributed by atoms with E-state index in [2.05, 4.69) is 5.10 Å². The van der Waals surface area contributed by atoms with Crippen molar-refractivity contribution in [3.63, 3.8) is 0 Å². The number of hydrogen-bond acceptors (Lipinski definition) is 4. The van der Waals surface area contributed by atoms with Gasteiger partial charge in [0.25, 0.3) is 0 Å². The highest BCUT2D eigenvalue weighted by atomic mass is 16.5. The van der Waals surface area contributed by atoms with E-state index in [-0.39, 0.29) is 18.8 Å². The van der Waals surface area contributed by atoms with Gasteiger partial charge in [-0.2, -0.15) is 5.10 Å². The summed E-state index contributed by atoms with van der Waals surface area (Å²) in [6.45, 7) is 4.23. The highest BCUT2D eigenvalue weighted by Gasteiger charge is 2.09. The van der Waals surface area contributed by atoms with Gasteiger partial charge >= 0.3 is 5.97 Å². The Morgan fingerprint density at radius 3 is 2.80 bits per heavy atom. The van der Waals surface area contributed by atoms with Crippen LogP contribution in [-0.2, 0) is 16.1 Å². The average molecular weight is 210 g/mol. The summed E-state index contributed by atoms with van der Waals surface area (Å²) in [5, 5.41) is 3.95. The van der Waals surface area contributed by atoms with Crippen LogP contribution < -0.4 is 0 Å². The van der Waals surface area contributed by atoms with Crippen molar-refractivity contribution >= 4 is 11.8 Å². The van der Waals surface area contributed by atoms with Gasteiger partial charge in [0.15, 0.2) is 0 Å². The Morgan fingerprint density at radius 1 is 1.53 bits per heavy atom.